The summed E-state index contributed by atoms with van der Waals surface area (Å²) < 4.78 is 21.0. The van der Waals surface area contributed by atoms with Crippen LogP contribution in [0.15, 0.2) is 36.5 Å². The van der Waals surface area contributed by atoms with Crippen molar-refractivity contribution in [1.82, 2.24) is 20.1 Å². The van der Waals surface area contributed by atoms with Gasteiger partial charge in [0, 0.05) is 44.9 Å². The molecule has 0 bridgehead atoms. The van der Waals surface area contributed by atoms with E-state index in [-0.39, 0.29) is 88.1 Å². The maximum atomic E-state index is 13.6. The maximum Gasteiger partial charge on any atom is 0.410 e. The lowest BCUT2D eigenvalue weighted by Gasteiger charge is -2.33. The fourth-order valence-corrected chi connectivity index (χ4v) is 5.14. The van der Waals surface area contributed by atoms with Gasteiger partial charge in [0.1, 0.15) is 12.1 Å². The smallest absolute Gasteiger partial charge is 0.410 e. The fraction of sp³-hybridized carbons (Fsp3) is 0.556. The number of esters is 1. The molecule has 14 heteroatoms. The van der Waals surface area contributed by atoms with Crippen LogP contribution >= 0.6 is 0 Å². The number of nitrogens with zero attached hydrogens (tertiary/aromatic N) is 3. The van der Waals surface area contributed by atoms with E-state index in [0.717, 1.165) is 17.5 Å². The molecule has 2 N–H and O–H groups in total. The molecule has 3 rings (SSSR count). The number of benzene rings is 1. The number of hydrogen-bond donors (Lipinski definition) is 2. The van der Waals surface area contributed by atoms with Crippen LogP contribution in [-0.2, 0) is 39.8 Å². The lowest BCUT2D eigenvalue weighted by Crippen LogP contribution is -2.46. The second kappa shape index (κ2) is 19.6. The number of piperidine rings is 1. The average Bonchev–Trinajstić information content (AvgIpc) is 3.07. The summed E-state index contributed by atoms with van der Waals surface area (Å²) in [5.41, 5.74) is 2.03. The van der Waals surface area contributed by atoms with Crippen molar-refractivity contribution in [3.8, 4) is 11.1 Å². The van der Waals surface area contributed by atoms with E-state index >= 15 is 0 Å². The molecule has 1 fully saturated rings. The van der Waals surface area contributed by atoms with Crippen LogP contribution in [-0.4, -0.2) is 117 Å². The number of nitrogens with one attached hydrogen (secondary N) is 2. The molecule has 1 aliphatic heterocycles. The van der Waals surface area contributed by atoms with Crippen molar-refractivity contribution in [2.45, 2.75) is 59.0 Å². The molecule has 2 heterocycles. The van der Waals surface area contributed by atoms with E-state index in [1.165, 1.54) is 12.0 Å². The van der Waals surface area contributed by atoms with Crippen molar-refractivity contribution in [3.05, 3.63) is 47.8 Å². The van der Waals surface area contributed by atoms with Crippen LogP contribution in [0.4, 0.5) is 10.5 Å². The van der Waals surface area contributed by atoms with Gasteiger partial charge in [-0.25, -0.2) is 9.78 Å². The molecular formula is C36H51N5O9. The Labute approximate surface area is 294 Å². The van der Waals surface area contributed by atoms with Crippen molar-refractivity contribution in [2.75, 3.05) is 72.1 Å². The molecule has 0 saturated carbocycles. The molecule has 1 aliphatic rings. The van der Waals surface area contributed by atoms with E-state index in [9.17, 15) is 24.0 Å². The van der Waals surface area contributed by atoms with E-state index in [0.29, 0.717) is 18.5 Å². The highest BCUT2D eigenvalue weighted by Gasteiger charge is 2.30. The number of amides is 4. The summed E-state index contributed by atoms with van der Waals surface area (Å²) in [4.78, 5) is 71.0. The quantitative estimate of drug-likeness (QED) is 0.184. The van der Waals surface area contributed by atoms with Crippen LogP contribution in [0.3, 0.4) is 0 Å². The predicted molar refractivity (Wildman–Crippen MR) is 186 cm³/mol. The molecule has 1 unspecified atom stereocenters. The zero-order valence-electron chi connectivity index (χ0n) is 30.0. The van der Waals surface area contributed by atoms with Crippen molar-refractivity contribution in [3.63, 3.8) is 0 Å². The molecule has 1 aromatic carbocycles. The van der Waals surface area contributed by atoms with Gasteiger partial charge in [-0.15, -0.1) is 0 Å². The first-order valence-electron chi connectivity index (χ1n) is 16.9. The Hall–Kier alpha value is -4.56. The molecule has 2 aromatic rings. The first-order chi connectivity index (χ1) is 23.8. The molecule has 1 saturated heterocycles. The number of likely N-dealkylation sites (tertiary alicyclic amines) is 1. The van der Waals surface area contributed by atoms with Gasteiger partial charge in [0.2, 0.25) is 11.8 Å². The lowest BCUT2D eigenvalue weighted by atomic mass is 9.96. The Kier molecular flexibility index (Phi) is 15.6. The van der Waals surface area contributed by atoms with E-state index in [2.05, 4.69) is 27.3 Å². The highest BCUT2D eigenvalue weighted by molar-refractivity contribution is 6.03. The van der Waals surface area contributed by atoms with Gasteiger partial charge in [-0.3, -0.25) is 24.1 Å². The van der Waals surface area contributed by atoms with Crippen molar-refractivity contribution in [1.29, 1.82) is 0 Å². The van der Waals surface area contributed by atoms with E-state index in [1.54, 1.807) is 45.0 Å². The Morgan fingerprint density at radius 2 is 1.78 bits per heavy atom. The molecule has 14 nitrogen and oxygen atoms in total. The van der Waals surface area contributed by atoms with Crippen LogP contribution in [0, 0.1) is 5.92 Å². The van der Waals surface area contributed by atoms with Crippen LogP contribution in [0.1, 0.15) is 63.0 Å². The molecule has 4 amide bonds. The van der Waals surface area contributed by atoms with Gasteiger partial charge in [-0.2, -0.15) is 0 Å². The summed E-state index contributed by atoms with van der Waals surface area (Å²) in [5, 5.41) is 5.57. The average molecular weight is 698 g/mol. The summed E-state index contributed by atoms with van der Waals surface area (Å²) in [7, 11) is 3.06. The van der Waals surface area contributed by atoms with Gasteiger partial charge in [-0.05, 0) is 56.7 Å². The Morgan fingerprint density at radius 1 is 1.04 bits per heavy atom. The number of aromatic nitrogens is 1. The first-order valence-corrected chi connectivity index (χ1v) is 16.9. The molecular weight excluding hydrogens is 646 g/mol. The van der Waals surface area contributed by atoms with Gasteiger partial charge in [0.05, 0.1) is 45.6 Å². The second-order valence-corrected chi connectivity index (χ2v) is 13.1. The summed E-state index contributed by atoms with van der Waals surface area (Å²) in [5.74, 6) is -1.59. The number of ether oxygens (including phenoxy) is 4. The number of carbonyl (C=O) groups excluding carboxylic acids is 5. The molecule has 0 radical (unpaired) electrons. The normalized spacial score (nSPS) is 14.6. The predicted octanol–water partition coefficient (Wildman–Crippen LogP) is 3.68. The van der Waals surface area contributed by atoms with Crippen LogP contribution in [0.2, 0.25) is 0 Å². The first kappa shape index (κ1) is 39.9. The van der Waals surface area contributed by atoms with Gasteiger partial charge in [0.25, 0.3) is 5.91 Å². The molecule has 1 aromatic heterocycles. The monoisotopic (exact) mass is 697 g/mol. The van der Waals surface area contributed by atoms with Crippen molar-refractivity contribution in [2.24, 2.45) is 5.92 Å². The third-order valence-electron chi connectivity index (χ3n) is 7.85. The number of carbonyl (C=O) groups is 5. The molecule has 274 valence electrons. The SMILES string of the molecule is CCc1cccc(-c2cnc(C(=O)NCCOCCOCCC(=O)OC)c(NC(=O)CN(CC3CCN(C)C(=O)C3)C(=O)OC(C)(C)C)c2)c1. The summed E-state index contributed by atoms with van der Waals surface area (Å²) >= 11 is 0. The lowest BCUT2D eigenvalue weighted by molar-refractivity contribution is -0.142. The van der Waals surface area contributed by atoms with Gasteiger partial charge in [0.15, 0.2) is 5.69 Å². The van der Waals surface area contributed by atoms with Gasteiger partial charge >= 0.3 is 12.1 Å². The van der Waals surface area contributed by atoms with Crippen molar-refractivity contribution < 1.29 is 42.9 Å². The fourth-order valence-electron chi connectivity index (χ4n) is 5.14. The third-order valence-corrected chi connectivity index (χ3v) is 7.85. The summed E-state index contributed by atoms with van der Waals surface area (Å²) in [6, 6.07) is 9.58. The zero-order valence-corrected chi connectivity index (χ0v) is 30.0. The largest absolute Gasteiger partial charge is 0.469 e. The van der Waals surface area contributed by atoms with Crippen LogP contribution < -0.4 is 10.6 Å². The van der Waals surface area contributed by atoms with Gasteiger partial charge in [-0.1, -0.05) is 31.2 Å². The standard InChI is InChI=1S/C36H51N5O9/c1-7-25-9-8-10-27(19-25)28-21-29(33(38-22-28)34(45)37-13-16-49-18-17-48-15-12-32(44)47-6)39-30(42)24-41(35(46)50-36(2,3)4)23-26-11-14-40(5)31(43)20-26/h8-10,19,21-22,26H,7,11-18,20,23-24H2,1-6H3,(H,37,45)(H,39,42). The minimum absolute atomic E-state index is 0.00961. The summed E-state index contributed by atoms with van der Waals surface area (Å²) in [6.07, 6.45) is 2.83. The number of pyridine rings is 1. The summed E-state index contributed by atoms with van der Waals surface area (Å²) in [6.45, 7) is 8.76. The highest BCUT2D eigenvalue weighted by Crippen LogP contribution is 2.26. The molecule has 0 spiro atoms. The van der Waals surface area contributed by atoms with E-state index in [4.69, 9.17) is 14.2 Å². The minimum atomic E-state index is -0.799. The number of aryl methyl sites for hydroxylation is 1. The topological polar surface area (TPSA) is 166 Å². The Bertz CT molecular complexity index is 1480. The number of anilines is 1. The number of hydrogen-bond acceptors (Lipinski definition) is 10. The van der Waals surface area contributed by atoms with Crippen LogP contribution in [0.5, 0.6) is 0 Å². The zero-order chi connectivity index (χ0) is 36.7. The third kappa shape index (κ3) is 13.4. The maximum absolute atomic E-state index is 13.6. The molecule has 0 aliphatic carbocycles. The van der Waals surface area contributed by atoms with Crippen molar-refractivity contribution >= 4 is 35.5 Å². The number of rotatable bonds is 17. The molecule has 1 atom stereocenters. The Balaban J connectivity index is 1.73. The highest BCUT2D eigenvalue weighted by atomic mass is 16.6. The van der Waals surface area contributed by atoms with E-state index < -0.39 is 23.5 Å². The Morgan fingerprint density at radius 3 is 2.46 bits per heavy atom. The van der Waals surface area contributed by atoms with Crippen LogP contribution in [0.25, 0.3) is 11.1 Å². The number of methoxy groups -OCH3 is 1. The van der Waals surface area contributed by atoms with Gasteiger partial charge < -0.3 is 34.5 Å². The van der Waals surface area contributed by atoms with E-state index in [1.807, 2.05) is 24.3 Å². The minimum Gasteiger partial charge on any atom is -0.469 e. The molecule has 50 heavy (non-hydrogen) atoms. The second-order valence-electron chi connectivity index (χ2n) is 13.1.